The van der Waals surface area contributed by atoms with Crippen LogP contribution in [0, 0.1) is 0 Å². The zero-order valence-electron chi connectivity index (χ0n) is 12.7. The summed E-state index contributed by atoms with van der Waals surface area (Å²) in [6.45, 7) is 1.98. The Balaban J connectivity index is 1.63. The van der Waals surface area contributed by atoms with E-state index in [0.717, 1.165) is 10.6 Å². The van der Waals surface area contributed by atoms with Crippen LogP contribution < -0.4 is 10.1 Å². The van der Waals surface area contributed by atoms with Crippen LogP contribution in [0.15, 0.2) is 72.1 Å². The summed E-state index contributed by atoms with van der Waals surface area (Å²) in [7, 11) is 0. The molecule has 1 atom stereocenters. The summed E-state index contributed by atoms with van der Waals surface area (Å²) in [5.74, 6) is 1.40. The summed E-state index contributed by atoms with van der Waals surface area (Å²) in [6.07, 6.45) is 0. The van der Waals surface area contributed by atoms with E-state index in [1.165, 1.54) is 0 Å². The standard InChI is InChI=1S/C19H17NO2S/c1-14(18-8-5-13-23-18)20-19(21)15-9-11-17(12-10-15)22-16-6-3-2-4-7-16/h2-14H,1H3,(H,20,21)/t14-/m0/s1. The molecule has 0 bridgehead atoms. The monoisotopic (exact) mass is 323 g/mol. The smallest absolute Gasteiger partial charge is 0.251 e. The number of carbonyl (C=O) groups excluding carboxylic acids is 1. The van der Waals surface area contributed by atoms with Crippen molar-refractivity contribution in [2.24, 2.45) is 0 Å². The summed E-state index contributed by atoms with van der Waals surface area (Å²) < 4.78 is 5.72. The van der Waals surface area contributed by atoms with Crippen LogP contribution in [0.1, 0.15) is 28.2 Å². The molecule has 1 heterocycles. The highest BCUT2D eigenvalue weighted by atomic mass is 32.1. The van der Waals surface area contributed by atoms with Gasteiger partial charge in [0, 0.05) is 10.4 Å². The lowest BCUT2D eigenvalue weighted by atomic mass is 10.2. The van der Waals surface area contributed by atoms with E-state index in [-0.39, 0.29) is 11.9 Å². The van der Waals surface area contributed by atoms with Crippen molar-refractivity contribution in [3.05, 3.63) is 82.6 Å². The van der Waals surface area contributed by atoms with Crippen LogP contribution in [0.3, 0.4) is 0 Å². The first-order valence-corrected chi connectivity index (χ1v) is 8.27. The molecule has 0 aliphatic carbocycles. The zero-order valence-corrected chi connectivity index (χ0v) is 13.5. The Kier molecular flexibility index (Phi) is 4.74. The predicted octanol–water partition coefficient (Wildman–Crippen LogP) is 5.03. The number of carbonyl (C=O) groups is 1. The maximum Gasteiger partial charge on any atom is 0.251 e. The molecule has 3 nitrogen and oxygen atoms in total. The van der Waals surface area contributed by atoms with Gasteiger partial charge in [0.2, 0.25) is 0 Å². The Labute approximate surface area is 139 Å². The molecule has 1 N–H and O–H groups in total. The number of para-hydroxylation sites is 1. The van der Waals surface area contributed by atoms with Crippen molar-refractivity contribution in [2.45, 2.75) is 13.0 Å². The van der Waals surface area contributed by atoms with Crippen LogP contribution in [0.4, 0.5) is 0 Å². The minimum atomic E-state index is -0.0860. The van der Waals surface area contributed by atoms with Crippen molar-refractivity contribution in [1.82, 2.24) is 5.32 Å². The van der Waals surface area contributed by atoms with Gasteiger partial charge in [-0.2, -0.15) is 0 Å². The molecule has 116 valence electrons. The average Bonchev–Trinajstić information content (AvgIpc) is 3.11. The second-order valence-corrected chi connectivity index (χ2v) is 6.13. The Morgan fingerprint density at radius 2 is 1.65 bits per heavy atom. The highest BCUT2D eigenvalue weighted by Gasteiger charge is 2.12. The number of amides is 1. The van der Waals surface area contributed by atoms with Crippen LogP contribution >= 0.6 is 11.3 Å². The molecule has 0 saturated carbocycles. The van der Waals surface area contributed by atoms with E-state index in [4.69, 9.17) is 4.74 Å². The fourth-order valence-electron chi connectivity index (χ4n) is 2.19. The van der Waals surface area contributed by atoms with E-state index < -0.39 is 0 Å². The van der Waals surface area contributed by atoms with Crippen molar-refractivity contribution in [2.75, 3.05) is 0 Å². The van der Waals surface area contributed by atoms with E-state index in [1.807, 2.05) is 54.8 Å². The molecule has 0 unspecified atom stereocenters. The molecule has 23 heavy (non-hydrogen) atoms. The zero-order chi connectivity index (χ0) is 16.1. The van der Waals surface area contributed by atoms with Crippen LogP contribution in [0.2, 0.25) is 0 Å². The molecular weight excluding hydrogens is 306 g/mol. The van der Waals surface area contributed by atoms with Gasteiger partial charge in [0.1, 0.15) is 11.5 Å². The van der Waals surface area contributed by atoms with Gasteiger partial charge in [-0.05, 0) is 54.8 Å². The SMILES string of the molecule is C[C@H](NC(=O)c1ccc(Oc2ccccc2)cc1)c1cccs1. The number of hydrogen-bond donors (Lipinski definition) is 1. The topological polar surface area (TPSA) is 38.3 Å². The van der Waals surface area contributed by atoms with Gasteiger partial charge in [-0.25, -0.2) is 0 Å². The van der Waals surface area contributed by atoms with Gasteiger partial charge >= 0.3 is 0 Å². The van der Waals surface area contributed by atoms with Crippen molar-refractivity contribution in [1.29, 1.82) is 0 Å². The molecule has 4 heteroatoms. The van der Waals surface area contributed by atoms with E-state index in [1.54, 1.807) is 35.6 Å². The van der Waals surface area contributed by atoms with E-state index in [0.29, 0.717) is 11.3 Å². The van der Waals surface area contributed by atoms with E-state index >= 15 is 0 Å². The number of ether oxygens (including phenoxy) is 1. The highest BCUT2D eigenvalue weighted by Crippen LogP contribution is 2.22. The molecule has 1 amide bonds. The molecule has 3 rings (SSSR count). The van der Waals surface area contributed by atoms with Gasteiger partial charge in [-0.1, -0.05) is 24.3 Å². The summed E-state index contributed by atoms with van der Waals surface area (Å²) >= 11 is 1.64. The predicted molar refractivity (Wildman–Crippen MR) is 93.2 cm³/mol. The number of nitrogens with one attached hydrogen (secondary N) is 1. The summed E-state index contributed by atoms with van der Waals surface area (Å²) in [5.41, 5.74) is 0.619. The highest BCUT2D eigenvalue weighted by molar-refractivity contribution is 7.10. The van der Waals surface area contributed by atoms with Crippen molar-refractivity contribution in [3.63, 3.8) is 0 Å². The first-order valence-electron chi connectivity index (χ1n) is 7.39. The second kappa shape index (κ2) is 7.11. The number of benzene rings is 2. The molecule has 2 aromatic carbocycles. The number of thiophene rings is 1. The summed E-state index contributed by atoms with van der Waals surface area (Å²) in [6, 6.07) is 20.7. The Morgan fingerprint density at radius 3 is 2.30 bits per heavy atom. The maximum absolute atomic E-state index is 12.3. The first kappa shape index (κ1) is 15.3. The lowest BCUT2D eigenvalue weighted by Crippen LogP contribution is -2.25. The fraction of sp³-hybridized carbons (Fsp3) is 0.105. The molecular formula is C19H17NO2S. The second-order valence-electron chi connectivity index (χ2n) is 5.15. The minimum Gasteiger partial charge on any atom is -0.457 e. The third kappa shape index (κ3) is 3.99. The normalized spacial score (nSPS) is 11.7. The molecule has 0 aliphatic heterocycles. The maximum atomic E-state index is 12.3. The molecule has 0 fully saturated rings. The molecule has 0 radical (unpaired) electrons. The van der Waals surface area contributed by atoms with Crippen LogP contribution in [-0.2, 0) is 0 Å². The van der Waals surface area contributed by atoms with Gasteiger partial charge < -0.3 is 10.1 Å². The van der Waals surface area contributed by atoms with Crippen molar-refractivity contribution >= 4 is 17.2 Å². The van der Waals surface area contributed by atoms with Crippen LogP contribution in [0.5, 0.6) is 11.5 Å². The summed E-state index contributed by atoms with van der Waals surface area (Å²) in [4.78, 5) is 13.4. The third-order valence-corrected chi connectivity index (χ3v) is 4.47. The van der Waals surface area contributed by atoms with E-state index in [2.05, 4.69) is 5.32 Å². The number of rotatable bonds is 5. The largest absolute Gasteiger partial charge is 0.457 e. The quantitative estimate of drug-likeness (QED) is 0.715. The lowest BCUT2D eigenvalue weighted by Gasteiger charge is -2.12. The molecule has 0 spiro atoms. The fourth-order valence-corrected chi connectivity index (χ4v) is 2.92. The van der Waals surface area contributed by atoms with Gasteiger partial charge in [-0.3, -0.25) is 4.79 Å². The lowest BCUT2D eigenvalue weighted by molar-refractivity contribution is 0.0940. The molecule has 3 aromatic rings. The van der Waals surface area contributed by atoms with Gasteiger partial charge in [0.05, 0.1) is 6.04 Å². The van der Waals surface area contributed by atoms with Crippen LogP contribution in [-0.4, -0.2) is 5.91 Å². The van der Waals surface area contributed by atoms with Crippen molar-refractivity contribution < 1.29 is 9.53 Å². The summed E-state index contributed by atoms with van der Waals surface area (Å²) in [5, 5.41) is 5.01. The number of hydrogen-bond acceptors (Lipinski definition) is 3. The average molecular weight is 323 g/mol. The minimum absolute atomic E-state index is 0.00254. The Morgan fingerprint density at radius 1 is 0.957 bits per heavy atom. The Hall–Kier alpha value is -2.59. The molecule has 1 aromatic heterocycles. The Bertz CT molecular complexity index is 752. The van der Waals surface area contributed by atoms with Crippen LogP contribution in [0.25, 0.3) is 0 Å². The molecule has 0 saturated heterocycles. The molecule has 0 aliphatic rings. The van der Waals surface area contributed by atoms with Gasteiger partial charge in [-0.15, -0.1) is 11.3 Å². The van der Waals surface area contributed by atoms with Gasteiger partial charge in [0.15, 0.2) is 0 Å². The van der Waals surface area contributed by atoms with E-state index in [9.17, 15) is 4.79 Å². The van der Waals surface area contributed by atoms with Crippen molar-refractivity contribution in [3.8, 4) is 11.5 Å². The van der Waals surface area contributed by atoms with Gasteiger partial charge in [0.25, 0.3) is 5.91 Å². The third-order valence-electron chi connectivity index (χ3n) is 3.41. The first-order chi connectivity index (χ1) is 11.2.